The normalized spacial score (nSPS) is 11.6. The molecule has 0 aliphatic rings. The highest BCUT2D eigenvalue weighted by Gasteiger charge is 2.24. The van der Waals surface area contributed by atoms with E-state index in [2.05, 4.69) is 264 Å². The summed E-state index contributed by atoms with van der Waals surface area (Å²) in [6, 6.07) is 93.4. The Morgan fingerprint density at radius 1 is 0.288 bits per heavy atom. The van der Waals surface area contributed by atoms with Gasteiger partial charge in [-0.05, 0) is 131 Å². The highest BCUT2D eigenvalue weighted by atomic mass is 15.1. The first-order valence-electron chi connectivity index (χ1n) is 22.8. The Kier molecular flexibility index (Phi) is 8.89. The average molecular weight is 839 g/mol. The van der Waals surface area contributed by atoms with Crippen LogP contribution in [0.1, 0.15) is 0 Å². The summed E-state index contributed by atoms with van der Waals surface area (Å²) < 4.78 is 2.44. The lowest BCUT2D eigenvalue weighted by Gasteiger charge is -2.28. The highest BCUT2D eigenvalue weighted by Crippen LogP contribution is 2.49. The SMILES string of the molecule is c1ccc(-c2c(-c3ccccc3)c3cc(N(c4ccc(-c5cccc6ccccc56)cc4)c4cccc5c4c4ccccc4n5-c4ccc5ccccc5c4)ccc3c3ccccc23)cc1. The molecule has 0 fully saturated rings. The predicted molar refractivity (Wildman–Crippen MR) is 282 cm³/mol. The first kappa shape index (κ1) is 37.8. The molecular formula is C64H42N2. The predicted octanol–water partition coefficient (Wildman–Crippen LogP) is 17.9. The van der Waals surface area contributed by atoms with E-state index in [0.29, 0.717) is 0 Å². The summed E-state index contributed by atoms with van der Waals surface area (Å²) in [4.78, 5) is 2.48. The van der Waals surface area contributed by atoms with Gasteiger partial charge in [-0.2, -0.15) is 0 Å². The third-order valence-corrected chi connectivity index (χ3v) is 13.5. The molecular weight excluding hydrogens is 797 g/mol. The fourth-order valence-electron chi connectivity index (χ4n) is 10.6. The molecule has 0 aliphatic carbocycles. The molecule has 2 nitrogen and oxygen atoms in total. The fourth-order valence-corrected chi connectivity index (χ4v) is 10.6. The number of para-hydroxylation sites is 1. The lowest BCUT2D eigenvalue weighted by atomic mass is 9.85. The second-order valence-electron chi connectivity index (χ2n) is 17.2. The van der Waals surface area contributed by atoms with Crippen LogP contribution in [-0.2, 0) is 0 Å². The van der Waals surface area contributed by atoms with E-state index in [9.17, 15) is 0 Å². The molecule has 66 heavy (non-hydrogen) atoms. The molecule has 0 saturated heterocycles. The van der Waals surface area contributed by atoms with E-state index >= 15 is 0 Å². The van der Waals surface area contributed by atoms with Crippen LogP contribution in [0.15, 0.2) is 255 Å². The molecule has 1 heterocycles. The minimum absolute atomic E-state index is 1.08. The molecule has 0 saturated carbocycles. The molecule has 13 aromatic rings. The molecule has 0 bridgehead atoms. The molecule has 12 aromatic carbocycles. The van der Waals surface area contributed by atoms with Crippen molar-refractivity contribution in [1.29, 1.82) is 0 Å². The molecule has 308 valence electrons. The van der Waals surface area contributed by atoms with Crippen molar-refractivity contribution in [1.82, 2.24) is 4.57 Å². The molecule has 0 N–H and O–H groups in total. The van der Waals surface area contributed by atoms with E-state index < -0.39 is 0 Å². The van der Waals surface area contributed by atoms with Gasteiger partial charge in [0.2, 0.25) is 0 Å². The number of anilines is 3. The summed E-state index contributed by atoms with van der Waals surface area (Å²) in [6.45, 7) is 0. The summed E-state index contributed by atoms with van der Waals surface area (Å²) in [5.74, 6) is 0. The first-order valence-corrected chi connectivity index (χ1v) is 22.8. The van der Waals surface area contributed by atoms with Gasteiger partial charge in [-0.25, -0.2) is 0 Å². The zero-order valence-corrected chi connectivity index (χ0v) is 36.1. The van der Waals surface area contributed by atoms with E-state index in [-0.39, 0.29) is 0 Å². The van der Waals surface area contributed by atoms with Gasteiger partial charge in [-0.15, -0.1) is 0 Å². The Balaban J connectivity index is 1.10. The summed E-state index contributed by atoms with van der Waals surface area (Å²) in [7, 11) is 0. The number of aromatic nitrogens is 1. The molecule has 2 heteroatoms. The highest BCUT2D eigenvalue weighted by molar-refractivity contribution is 6.23. The summed E-state index contributed by atoms with van der Waals surface area (Å²) >= 11 is 0. The van der Waals surface area contributed by atoms with E-state index in [1.807, 2.05) is 0 Å². The quantitative estimate of drug-likeness (QED) is 0.145. The molecule has 0 radical (unpaired) electrons. The van der Waals surface area contributed by atoms with Crippen molar-refractivity contribution in [2.75, 3.05) is 4.90 Å². The molecule has 13 rings (SSSR count). The van der Waals surface area contributed by atoms with E-state index in [1.54, 1.807) is 0 Å². The van der Waals surface area contributed by atoms with Gasteiger partial charge < -0.3 is 9.47 Å². The Morgan fingerprint density at radius 2 is 0.848 bits per heavy atom. The van der Waals surface area contributed by atoms with Gasteiger partial charge in [0.05, 0.1) is 16.7 Å². The lowest BCUT2D eigenvalue weighted by molar-refractivity contribution is 1.18. The van der Waals surface area contributed by atoms with Crippen LogP contribution in [0, 0.1) is 0 Å². The Morgan fingerprint density at radius 3 is 1.62 bits per heavy atom. The van der Waals surface area contributed by atoms with Crippen LogP contribution in [0.4, 0.5) is 17.1 Å². The maximum atomic E-state index is 2.48. The van der Waals surface area contributed by atoms with Gasteiger partial charge in [0.15, 0.2) is 0 Å². The van der Waals surface area contributed by atoms with Gasteiger partial charge in [0.1, 0.15) is 0 Å². The number of fused-ring (bicyclic) bond motifs is 8. The molecule has 1 aromatic heterocycles. The summed E-state index contributed by atoms with van der Waals surface area (Å²) in [5, 5.41) is 12.3. The number of rotatable bonds is 7. The van der Waals surface area contributed by atoms with E-state index in [1.165, 1.54) is 92.8 Å². The lowest BCUT2D eigenvalue weighted by Crippen LogP contribution is -2.10. The smallest absolute Gasteiger partial charge is 0.0562 e. The van der Waals surface area contributed by atoms with Crippen molar-refractivity contribution in [3.8, 4) is 39.1 Å². The zero-order valence-electron chi connectivity index (χ0n) is 36.1. The largest absolute Gasteiger partial charge is 0.310 e. The van der Waals surface area contributed by atoms with Crippen molar-refractivity contribution >= 4 is 82.0 Å². The summed E-state index contributed by atoms with van der Waals surface area (Å²) in [5.41, 5.74) is 14.0. The monoisotopic (exact) mass is 838 g/mol. The van der Waals surface area contributed by atoms with Crippen LogP contribution in [-0.4, -0.2) is 4.57 Å². The number of hydrogen-bond donors (Lipinski definition) is 0. The topological polar surface area (TPSA) is 8.17 Å². The minimum atomic E-state index is 1.08. The van der Waals surface area contributed by atoms with Crippen LogP contribution in [0.5, 0.6) is 0 Å². The molecule has 0 unspecified atom stereocenters. The van der Waals surface area contributed by atoms with Gasteiger partial charge in [-0.3, -0.25) is 0 Å². The van der Waals surface area contributed by atoms with Crippen molar-refractivity contribution in [3.63, 3.8) is 0 Å². The first-order chi connectivity index (χ1) is 32.8. The van der Waals surface area contributed by atoms with Crippen molar-refractivity contribution in [3.05, 3.63) is 255 Å². The summed E-state index contributed by atoms with van der Waals surface area (Å²) in [6.07, 6.45) is 0. The van der Waals surface area contributed by atoms with E-state index in [4.69, 9.17) is 0 Å². The third-order valence-electron chi connectivity index (χ3n) is 13.5. The van der Waals surface area contributed by atoms with Gasteiger partial charge >= 0.3 is 0 Å². The van der Waals surface area contributed by atoms with Crippen LogP contribution in [0.25, 0.3) is 104 Å². The van der Waals surface area contributed by atoms with Crippen LogP contribution >= 0.6 is 0 Å². The number of hydrogen-bond acceptors (Lipinski definition) is 1. The van der Waals surface area contributed by atoms with Crippen molar-refractivity contribution in [2.45, 2.75) is 0 Å². The van der Waals surface area contributed by atoms with Crippen molar-refractivity contribution < 1.29 is 0 Å². The zero-order chi connectivity index (χ0) is 43.6. The van der Waals surface area contributed by atoms with Crippen molar-refractivity contribution in [2.24, 2.45) is 0 Å². The second-order valence-corrected chi connectivity index (χ2v) is 17.2. The third kappa shape index (κ3) is 6.11. The van der Waals surface area contributed by atoms with Crippen LogP contribution < -0.4 is 4.90 Å². The fraction of sp³-hybridized carbons (Fsp3) is 0. The maximum absolute atomic E-state index is 2.48. The van der Waals surface area contributed by atoms with Crippen LogP contribution in [0.2, 0.25) is 0 Å². The van der Waals surface area contributed by atoms with Gasteiger partial charge in [-0.1, -0.05) is 200 Å². The molecule has 0 aliphatic heterocycles. The van der Waals surface area contributed by atoms with E-state index in [0.717, 1.165) is 28.3 Å². The molecule has 0 amide bonds. The number of nitrogens with zero attached hydrogens (tertiary/aromatic N) is 2. The molecule has 0 atom stereocenters. The Hall–Kier alpha value is -8.72. The van der Waals surface area contributed by atoms with Gasteiger partial charge in [0, 0.05) is 27.8 Å². The Bertz CT molecular complexity index is 3970. The Labute approximate surface area is 383 Å². The average Bonchev–Trinajstić information content (AvgIpc) is 3.74. The van der Waals surface area contributed by atoms with Gasteiger partial charge in [0.25, 0.3) is 0 Å². The maximum Gasteiger partial charge on any atom is 0.0562 e. The second kappa shape index (κ2) is 15.5. The minimum Gasteiger partial charge on any atom is -0.310 e. The number of benzene rings is 12. The molecule has 0 spiro atoms. The van der Waals surface area contributed by atoms with Crippen LogP contribution in [0.3, 0.4) is 0 Å². The standard InChI is InChI=1S/C64H42N2/c1-3-19-46(20-4-1)62-56-27-12-11-26-54(56)55-40-39-51(42-58(55)63(62)47-21-5-2-6-22-47)65(49-36-34-45(35-37-49)53-29-15-24-44-18-9-10-25-52(44)53)60-31-16-32-61-64(60)57-28-13-14-30-59(57)66(61)50-38-33-43-17-7-8-23-48(43)41-50/h1-42H.